The normalized spacial score (nSPS) is 15.1. The van der Waals surface area contributed by atoms with Gasteiger partial charge >= 0.3 is 0 Å². The molecular weight excluding hydrogens is 320 g/mol. The van der Waals surface area contributed by atoms with Gasteiger partial charge in [0.2, 0.25) is 0 Å². The average molecular weight is 338 g/mol. The molecule has 3 heterocycles. The van der Waals surface area contributed by atoms with Gasteiger partial charge in [-0.2, -0.15) is 0 Å². The summed E-state index contributed by atoms with van der Waals surface area (Å²) in [6, 6.07) is 6.97. The average Bonchev–Trinajstić information content (AvgIpc) is 2.92. The number of benzene rings is 1. The van der Waals surface area contributed by atoms with Crippen LogP contribution in [0, 0.1) is 0 Å². The first-order valence-corrected chi connectivity index (χ1v) is 8.15. The Morgan fingerprint density at radius 3 is 3.24 bits per heavy atom. The van der Waals surface area contributed by atoms with E-state index in [1.54, 1.807) is 22.7 Å². The molecule has 1 aliphatic rings. The van der Waals surface area contributed by atoms with Gasteiger partial charge in [0.1, 0.15) is 12.4 Å². The molecule has 1 aromatic carbocycles. The molecule has 1 atom stereocenters. The van der Waals surface area contributed by atoms with Gasteiger partial charge in [-0.05, 0) is 31.2 Å². The highest BCUT2D eigenvalue weighted by Gasteiger charge is 2.18. The van der Waals surface area contributed by atoms with Crippen molar-refractivity contribution in [3.8, 4) is 5.75 Å². The second kappa shape index (κ2) is 6.48. The molecule has 0 radical (unpaired) electrons. The summed E-state index contributed by atoms with van der Waals surface area (Å²) in [5, 5.41) is 14.4. The minimum absolute atomic E-state index is 0.166. The van der Waals surface area contributed by atoms with E-state index in [4.69, 9.17) is 4.74 Å². The smallest absolute Gasteiger partial charge is 0.255 e. The first-order valence-electron chi connectivity index (χ1n) is 8.15. The zero-order valence-electron chi connectivity index (χ0n) is 13.8. The summed E-state index contributed by atoms with van der Waals surface area (Å²) in [4.78, 5) is 16.7. The van der Waals surface area contributed by atoms with Gasteiger partial charge < -0.3 is 15.4 Å². The lowest BCUT2D eigenvalue weighted by molar-refractivity contribution is 0.0938. The van der Waals surface area contributed by atoms with Crippen LogP contribution in [0.1, 0.15) is 34.7 Å². The van der Waals surface area contributed by atoms with Crippen molar-refractivity contribution in [1.29, 1.82) is 0 Å². The Balaban J connectivity index is 1.54. The van der Waals surface area contributed by atoms with Crippen LogP contribution in [0.5, 0.6) is 5.75 Å². The molecule has 1 aliphatic heterocycles. The number of fused-ring (bicyclic) bond motifs is 2. The number of nitrogens with one attached hydrogen (secondary N) is 2. The van der Waals surface area contributed by atoms with Crippen LogP contribution in [0.2, 0.25) is 0 Å². The Morgan fingerprint density at radius 2 is 2.32 bits per heavy atom. The van der Waals surface area contributed by atoms with Crippen LogP contribution in [0.3, 0.4) is 0 Å². The van der Waals surface area contributed by atoms with Crippen molar-refractivity contribution in [2.75, 3.05) is 13.2 Å². The Bertz CT molecular complexity index is 922. The number of hydrogen-bond donors (Lipinski definition) is 2. The summed E-state index contributed by atoms with van der Waals surface area (Å²) in [5.41, 5.74) is 1.57. The standard InChI is InChI=1S/C17H18N6O2/c1-11(15-21-22-17-19-5-2-7-23(15)17)20-16(24)12-3-4-14-13(9-12)10-18-6-8-25-14/h2-5,7,9,11,18H,6,8,10H2,1H3,(H,20,24). The molecule has 128 valence electrons. The maximum Gasteiger partial charge on any atom is 0.255 e. The lowest BCUT2D eigenvalue weighted by Crippen LogP contribution is -2.28. The predicted molar refractivity (Wildman–Crippen MR) is 90.3 cm³/mol. The minimum atomic E-state index is -0.306. The minimum Gasteiger partial charge on any atom is -0.492 e. The van der Waals surface area contributed by atoms with Crippen molar-refractivity contribution < 1.29 is 9.53 Å². The van der Waals surface area contributed by atoms with Gasteiger partial charge in [-0.25, -0.2) is 4.98 Å². The lowest BCUT2D eigenvalue weighted by Gasteiger charge is -2.13. The van der Waals surface area contributed by atoms with E-state index in [-0.39, 0.29) is 11.9 Å². The van der Waals surface area contributed by atoms with Crippen LogP contribution in [0.25, 0.3) is 5.78 Å². The van der Waals surface area contributed by atoms with Gasteiger partial charge in [-0.15, -0.1) is 10.2 Å². The van der Waals surface area contributed by atoms with E-state index in [9.17, 15) is 4.79 Å². The molecule has 8 heteroatoms. The summed E-state index contributed by atoms with van der Waals surface area (Å²) < 4.78 is 7.41. The molecule has 0 saturated heterocycles. The zero-order valence-corrected chi connectivity index (χ0v) is 13.8. The fourth-order valence-corrected chi connectivity index (χ4v) is 2.86. The van der Waals surface area contributed by atoms with Gasteiger partial charge in [0, 0.05) is 36.6 Å². The van der Waals surface area contributed by atoms with Gasteiger partial charge in [-0.3, -0.25) is 9.20 Å². The first-order chi connectivity index (χ1) is 12.2. The Hall–Kier alpha value is -3.00. The van der Waals surface area contributed by atoms with Crippen molar-refractivity contribution >= 4 is 11.7 Å². The topological polar surface area (TPSA) is 93.4 Å². The quantitative estimate of drug-likeness (QED) is 0.743. The van der Waals surface area contributed by atoms with Gasteiger partial charge in [0.05, 0.1) is 6.04 Å². The van der Waals surface area contributed by atoms with E-state index in [0.29, 0.717) is 30.3 Å². The van der Waals surface area contributed by atoms with Crippen LogP contribution >= 0.6 is 0 Å². The summed E-state index contributed by atoms with van der Waals surface area (Å²) in [5.74, 6) is 1.80. The number of carbonyl (C=O) groups is 1. The largest absolute Gasteiger partial charge is 0.492 e. The molecule has 0 saturated carbocycles. The highest BCUT2D eigenvalue weighted by atomic mass is 16.5. The zero-order chi connectivity index (χ0) is 17.2. The molecule has 8 nitrogen and oxygen atoms in total. The predicted octanol–water partition coefficient (Wildman–Crippen LogP) is 1.10. The van der Waals surface area contributed by atoms with E-state index in [0.717, 1.165) is 17.9 Å². The van der Waals surface area contributed by atoms with Crippen LogP contribution in [0.15, 0.2) is 36.7 Å². The molecular formula is C17H18N6O2. The molecule has 1 unspecified atom stereocenters. The molecule has 2 N–H and O–H groups in total. The maximum atomic E-state index is 12.6. The van der Waals surface area contributed by atoms with Crippen LogP contribution in [-0.4, -0.2) is 38.6 Å². The molecule has 0 bridgehead atoms. The van der Waals surface area contributed by atoms with Crippen molar-refractivity contribution in [2.24, 2.45) is 0 Å². The van der Waals surface area contributed by atoms with E-state index in [1.165, 1.54) is 0 Å². The molecule has 25 heavy (non-hydrogen) atoms. The lowest BCUT2D eigenvalue weighted by atomic mass is 10.1. The number of aromatic nitrogens is 4. The summed E-state index contributed by atoms with van der Waals surface area (Å²) in [7, 11) is 0. The van der Waals surface area contributed by atoms with Crippen molar-refractivity contribution in [1.82, 2.24) is 30.2 Å². The van der Waals surface area contributed by atoms with Crippen molar-refractivity contribution in [2.45, 2.75) is 19.5 Å². The monoisotopic (exact) mass is 338 g/mol. The fraction of sp³-hybridized carbons (Fsp3) is 0.294. The Kier molecular flexibility index (Phi) is 4.02. The molecule has 2 aromatic heterocycles. The molecule has 0 aliphatic carbocycles. The Morgan fingerprint density at radius 1 is 1.40 bits per heavy atom. The molecule has 4 rings (SSSR count). The van der Waals surface area contributed by atoms with Gasteiger partial charge in [0.15, 0.2) is 5.82 Å². The Labute approximate surface area is 144 Å². The third kappa shape index (κ3) is 3.03. The van der Waals surface area contributed by atoms with Crippen molar-refractivity contribution in [3.63, 3.8) is 0 Å². The third-order valence-corrected chi connectivity index (χ3v) is 4.12. The summed E-state index contributed by atoms with van der Waals surface area (Å²) in [6.45, 7) is 3.98. The summed E-state index contributed by atoms with van der Waals surface area (Å²) >= 11 is 0. The van der Waals surface area contributed by atoms with E-state index < -0.39 is 0 Å². The van der Waals surface area contributed by atoms with E-state index in [1.807, 2.05) is 25.3 Å². The first kappa shape index (κ1) is 15.5. The fourth-order valence-electron chi connectivity index (χ4n) is 2.86. The van der Waals surface area contributed by atoms with Crippen LogP contribution in [0.4, 0.5) is 0 Å². The highest BCUT2D eigenvalue weighted by Crippen LogP contribution is 2.22. The number of hydrogen-bond acceptors (Lipinski definition) is 6. The molecule has 0 fully saturated rings. The van der Waals surface area contributed by atoms with E-state index in [2.05, 4.69) is 25.8 Å². The second-order valence-corrected chi connectivity index (χ2v) is 5.89. The molecule has 3 aromatic rings. The van der Waals surface area contributed by atoms with E-state index >= 15 is 0 Å². The molecule has 0 spiro atoms. The van der Waals surface area contributed by atoms with Crippen LogP contribution < -0.4 is 15.4 Å². The number of carbonyl (C=O) groups excluding carboxylic acids is 1. The second-order valence-electron chi connectivity index (χ2n) is 5.89. The number of ether oxygens (including phenoxy) is 1. The highest BCUT2D eigenvalue weighted by molar-refractivity contribution is 5.94. The van der Waals surface area contributed by atoms with Gasteiger partial charge in [0.25, 0.3) is 11.7 Å². The SMILES string of the molecule is CC(NC(=O)c1ccc2c(c1)CNCCO2)c1nnc2ncccn12. The van der Waals surface area contributed by atoms with Crippen molar-refractivity contribution in [3.05, 3.63) is 53.6 Å². The number of amides is 1. The molecule has 1 amide bonds. The number of nitrogens with zero attached hydrogens (tertiary/aromatic N) is 4. The number of rotatable bonds is 3. The maximum absolute atomic E-state index is 12.6. The summed E-state index contributed by atoms with van der Waals surface area (Å²) in [6.07, 6.45) is 3.48. The van der Waals surface area contributed by atoms with Gasteiger partial charge in [-0.1, -0.05) is 0 Å². The van der Waals surface area contributed by atoms with Crippen LogP contribution in [-0.2, 0) is 6.54 Å². The third-order valence-electron chi connectivity index (χ3n) is 4.12.